The Bertz CT molecular complexity index is 152. The molecule has 11 heavy (non-hydrogen) atoms. The molecule has 0 aliphatic carbocycles. The van der Waals surface area contributed by atoms with E-state index in [9.17, 15) is 4.79 Å². The molecule has 0 fully saturated rings. The Kier molecular flexibility index (Phi) is 4.45. The molecule has 0 aliphatic rings. The van der Waals surface area contributed by atoms with Gasteiger partial charge >= 0.3 is 0 Å². The van der Waals surface area contributed by atoms with Gasteiger partial charge in [-0.3, -0.25) is 4.79 Å². The molecule has 64 valence electrons. The zero-order valence-corrected chi connectivity index (χ0v) is 7.16. The topological polar surface area (TPSA) is 67.5 Å². The van der Waals surface area contributed by atoms with Gasteiger partial charge in [-0.2, -0.15) is 5.10 Å². The molecule has 4 nitrogen and oxygen atoms in total. The van der Waals surface area contributed by atoms with Gasteiger partial charge in [-0.1, -0.05) is 13.8 Å². The van der Waals surface area contributed by atoms with E-state index in [1.807, 2.05) is 0 Å². The number of rotatable bonds is 3. The Morgan fingerprint density at radius 2 is 2.09 bits per heavy atom. The normalized spacial score (nSPS) is 13.9. The third-order valence-electron chi connectivity index (χ3n) is 1.01. The quantitative estimate of drug-likeness (QED) is 0.450. The number of nitrogens with one attached hydrogen (secondary N) is 1. The zero-order chi connectivity index (χ0) is 8.85. The number of hydrogen-bond donors (Lipinski definition) is 2. The Morgan fingerprint density at radius 1 is 1.55 bits per heavy atom. The molecule has 0 saturated carbocycles. The second-order valence-corrected chi connectivity index (χ2v) is 2.77. The summed E-state index contributed by atoms with van der Waals surface area (Å²) in [5.41, 5.74) is 7.72. The molecule has 0 spiro atoms. The van der Waals surface area contributed by atoms with Gasteiger partial charge in [-0.15, -0.1) is 0 Å². The van der Waals surface area contributed by atoms with Gasteiger partial charge in [0.05, 0.1) is 0 Å². The second-order valence-electron chi connectivity index (χ2n) is 2.77. The number of nitrogens with two attached hydrogens (primary N) is 1. The molecule has 0 aliphatic heterocycles. The second kappa shape index (κ2) is 4.85. The van der Waals surface area contributed by atoms with Gasteiger partial charge in [0.2, 0.25) is 5.91 Å². The molecule has 0 aromatic heterocycles. The Labute approximate surface area is 66.8 Å². The summed E-state index contributed by atoms with van der Waals surface area (Å²) in [6.07, 6.45) is 1.49. The van der Waals surface area contributed by atoms with Gasteiger partial charge in [0.1, 0.15) is 0 Å². The molecule has 0 radical (unpaired) electrons. The van der Waals surface area contributed by atoms with Crippen LogP contribution in [0, 0.1) is 5.92 Å². The van der Waals surface area contributed by atoms with E-state index in [0.29, 0.717) is 0 Å². The van der Waals surface area contributed by atoms with Crippen LogP contribution in [0.1, 0.15) is 20.8 Å². The number of carbonyl (C=O) groups is 1. The Hall–Kier alpha value is -0.900. The fourth-order valence-electron chi connectivity index (χ4n) is 0.348. The van der Waals surface area contributed by atoms with Crippen LogP contribution in [0.5, 0.6) is 0 Å². The average Bonchev–Trinajstić information content (AvgIpc) is 1.86. The fourth-order valence-corrected chi connectivity index (χ4v) is 0.348. The molecule has 0 bridgehead atoms. The standard InChI is InChI=1S/C7H15N3O/c1-5(2)7(11)10-9-4-6(3)8/h4-6H,8H2,1-3H3,(H,10,11)/b9-4+. The van der Waals surface area contributed by atoms with Crippen molar-refractivity contribution in [3.8, 4) is 0 Å². The van der Waals surface area contributed by atoms with E-state index in [0.717, 1.165) is 0 Å². The molecule has 4 heteroatoms. The van der Waals surface area contributed by atoms with Crippen molar-refractivity contribution in [2.45, 2.75) is 26.8 Å². The van der Waals surface area contributed by atoms with Gasteiger partial charge in [0, 0.05) is 18.2 Å². The predicted octanol–water partition coefficient (Wildman–Crippen LogP) is 0.0916. The number of hydrogen-bond acceptors (Lipinski definition) is 3. The molecule has 0 rings (SSSR count). The largest absolute Gasteiger partial charge is 0.323 e. The van der Waals surface area contributed by atoms with Crippen LogP contribution in [0.4, 0.5) is 0 Å². The van der Waals surface area contributed by atoms with Crippen LogP contribution < -0.4 is 11.2 Å². The number of carbonyl (C=O) groups excluding carboxylic acids is 1. The summed E-state index contributed by atoms with van der Waals surface area (Å²) < 4.78 is 0. The van der Waals surface area contributed by atoms with Gasteiger partial charge < -0.3 is 5.73 Å². The van der Waals surface area contributed by atoms with Crippen LogP contribution in [0.2, 0.25) is 0 Å². The van der Waals surface area contributed by atoms with E-state index in [1.54, 1.807) is 20.8 Å². The van der Waals surface area contributed by atoms with Crippen LogP contribution in [-0.4, -0.2) is 18.2 Å². The maximum absolute atomic E-state index is 10.9. The minimum Gasteiger partial charge on any atom is -0.323 e. The van der Waals surface area contributed by atoms with Crippen molar-refractivity contribution in [3.05, 3.63) is 0 Å². The van der Waals surface area contributed by atoms with Crippen molar-refractivity contribution in [1.82, 2.24) is 5.43 Å². The van der Waals surface area contributed by atoms with E-state index >= 15 is 0 Å². The van der Waals surface area contributed by atoms with Crippen LogP contribution in [0.15, 0.2) is 5.10 Å². The summed E-state index contributed by atoms with van der Waals surface area (Å²) in [5.74, 6) is -0.137. The summed E-state index contributed by atoms with van der Waals surface area (Å²) in [4.78, 5) is 10.9. The molecule has 1 unspecified atom stereocenters. The maximum atomic E-state index is 10.9. The van der Waals surface area contributed by atoms with E-state index in [4.69, 9.17) is 5.73 Å². The number of nitrogens with zero attached hydrogens (tertiary/aromatic N) is 1. The highest BCUT2D eigenvalue weighted by atomic mass is 16.2. The predicted molar refractivity (Wildman–Crippen MR) is 45.1 cm³/mol. The van der Waals surface area contributed by atoms with Gasteiger partial charge in [0.25, 0.3) is 0 Å². The van der Waals surface area contributed by atoms with Crippen molar-refractivity contribution in [1.29, 1.82) is 0 Å². The summed E-state index contributed by atoms with van der Waals surface area (Å²) in [7, 11) is 0. The number of amides is 1. The molecule has 1 amide bonds. The first-order chi connectivity index (χ1) is 5.04. The summed E-state index contributed by atoms with van der Waals surface area (Å²) in [5, 5.41) is 3.64. The summed E-state index contributed by atoms with van der Waals surface area (Å²) in [6, 6.07) is -0.123. The molecule has 0 saturated heterocycles. The molecule has 0 aromatic carbocycles. The SMILES string of the molecule is CC(N)/C=N/NC(=O)C(C)C. The number of hydrazone groups is 1. The van der Waals surface area contributed by atoms with Crippen LogP contribution in [0.3, 0.4) is 0 Å². The molecule has 0 aromatic rings. The molecular weight excluding hydrogens is 142 g/mol. The van der Waals surface area contributed by atoms with Gasteiger partial charge in [0.15, 0.2) is 0 Å². The molecule has 3 N–H and O–H groups in total. The monoisotopic (exact) mass is 157 g/mol. The summed E-state index contributed by atoms with van der Waals surface area (Å²) >= 11 is 0. The van der Waals surface area contributed by atoms with Crippen LogP contribution in [0.25, 0.3) is 0 Å². The van der Waals surface area contributed by atoms with E-state index in [2.05, 4.69) is 10.5 Å². The zero-order valence-electron chi connectivity index (χ0n) is 7.16. The Balaban J connectivity index is 3.62. The van der Waals surface area contributed by atoms with Gasteiger partial charge in [-0.25, -0.2) is 5.43 Å². The highest BCUT2D eigenvalue weighted by Gasteiger charge is 2.03. The van der Waals surface area contributed by atoms with Crippen molar-refractivity contribution >= 4 is 12.1 Å². The lowest BCUT2D eigenvalue weighted by molar-refractivity contribution is -0.123. The van der Waals surface area contributed by atoms with Crippen LogP contribution >= 0.6 is 0 Å². The first kappa shape index (κ1) is 10.1. The first-order valence-corrected chi connectivity index (χ1v) is 3.62. The average molecular weight is 157 g/mol. The van der Waals surface area contributed by atoms with Crippen molar-refractivity contribution in [3.63, 3.8) is 0 Å². The third kappa shape index (κ3) is 5.54. The van der Waals surface area contributed by atoms with Crippen LogP contribution in [-0.2, 0) is 4.79 Å². The van der Waals surface area contributed by atoms with Gasteiger partial charge in [-0.05, 0) is 6.92 Å². The van der Waals surface area contributed by atoms with E-state index in [1.165, 1.54) is 6.21 Å². The van der Waals surface area contributed by atoms with E-state index < -0.39 is 0 Å². The fraction of sp³-hybridized carbons (Fsp3) is 0.714. The smallest absolute Gasteiger partial charge is 0.242 e. The molecular formula is C7H15N3O. The maximum Gasteiger partial charge on any atom is 0.242 e. The lowest BCUT2D eigenvalue weighted by Crippen LogP contribution is -2.25. The lowest BCUT2D eigenvalue weighted by atomic mass is 10.2. The minimum absolute atomic E-state index is 0.0415. The highest BCUT2D eigenvalue weighted by molar-refractivity contribution is 5.78. The Morgan fingerprint density at radius 3 is 2.45 bits per heavy atom. The first-order valence-electron chi connectivity index (χ1n) is 3.62. The third-order valence-corrected chi connectivity index (χ3v) is 1.01. The van der Waals surface area contributed by atoms with Crippen molar-refractivity contribution < 1.29 is 4.79 Å². The molecule has 1 atom stereocenters. The molecule has 0 heterocycles. The minimum atomic E-state index is -0.123. The summed E-state index contributed by atoms with van der Waals surface area (Å²) in [6.45, 7) is 5.39. The van der Waals surface area contributed by atoms with Crippen molar-refractivity contribution in [2.24, 2.45) is 16.8 Å². The highest BCUT2D eigenvalue weighted by Crippen LogP contribution is 1.89. The van der Waals surface area contributed by atoms with E-state index in [-0.39, 0.29) is 17.9 Å². The van der Waals surface area contributed by atoms with Crippen molar-refractivity contribution in [2.75, 3.05) is 0 Å². The lowest BCUT2D eigenvalue weighted by Gasteiger charge is -2.01.